The van der Waals surface area contributed by atoms with Gasteiger partial charge in [0.2, 0.25) is 5.95 Å². The van der Waals surface area contributed by atoms with Crippen LogP contribution in [-0.4, -0.2) is 21.5 Å². The van der Waals surface area contributed by atoms with Crippen molar-refractivity contribution >= 4 is 11.8 Å². The molecule has 18 heavy (non-hydrogen) atoms. The molecule has 0 saturated heterocycles. The second-order valence-corrected chi connectivity index (χ2v) is 3.96. The Hall–Kier alpha value is -2.17. The van der Waals surface area contributed by atoms with E-state index >= 15 is 0 Å². The van der Waals surface area contributed by atoms with E-state index in [0.29, 0.717) is 12.5 Å². The van der Waals surface area contributed by atoms with Crippen molar-refractivity contribution in [3.63, 3.8) is 0 Å². The van der Waals surface area contributed by atoms with Crippen LogP contribution in [0.2, 0.25) is 0 Å². The maximum absolute atomic E-state index is 4.38. The Morgan fingerprint density at radius 3 is 2.83 bits per heavy atom. The summed E-state index contributed by atoms with van der Waals surface area (Å²) in [4.78, 5) is 12.8. The standard InChI is InChI=1S/C13H17N5/c1-3-15-13-17-10(2)7-12(18-13)16-9-11-5-4-6-14-8-11/h4-8H,3,9H2,1-2H3,(H2,15,16,17,18). The summed E-state index contributed by atoms with van der Waals surface area (Å²) in [6.07, 6.45) is 3.61. The van der Waals surface area contributed by atoms with E-state index in [2.05, 4.69) is 25.6 Å². The fourth-order valence-electron chi connectivity index (χ4n) is 1.59. The van der Waals surface area contributed by atoms with Crippen molar-refractivity contribution in [3.05, 3.63) is 41.9 Å². The average Bonchev–Trinajstić information content (AvgIpc) is 2.37. The third-order valence-electron chi connectivity index (χ3n) is 2.39. The van der Waals surface area contributed by atoms with Gasteiger partial charge >= 0.3 is 0 Å². The van der Waals surface area contributed by atoms with Crippen LogP contribution in [0, 0.1) is 6.92 Å². The minimum Gasteiger partial charge on any atom is -0.366 e. The number of aromatic nitrogens is 3. The monoisotopic (exact) mass is 243 g/mol. The van der Waals surface area contributed by atoms with Crippen LogP contribution in [0.5, 0.6) is 0 Å². The molecular weight excluding hydrogens is 226 g/mol. The number of nitrogens with one attached hydrogen (secondary N) is 2. The SMILES string of the molecule is CCNc1nc(C)cc(NCc2cccnc2)n1. The second-order valence-electron chi connectivity index (χ2n) is 3.96. The molecule has 0 aromatic carbocycles. The zero-order valence-electron chi connectivity index (χ0n) is 10.6. The van der Waals surface area contributed by atoms with Gasteiger partial charge in [0.25, 0.3) is 0 Å². The lowest BCUT2D eigenvalue weighted by Gasteiger charge is -2.08. The highest BCUT2D eigenvalue weighted by Crippen LogP contribution is 2.10. The van der Waals surface area contributed by atoms with Crippen molar-refractivity contribution in [2.24, 2.45) is 0 Å². The van der Waals surface area contributed by atoms with Crippen LogP contribution in [0.25, 0.3) is 0 Å². The summed E-state index contributed by atoms with van der Waals surface area (Å²) in [6.45, 7) is 5.49. The second kappa shape index (κ2) is 5.95. The summed E-state index contributed by atoms with van der Waals surface area (Å²) < 4.78 is 0. The lowest BCUT2D eigenvalue weighted by molar-refractivity contribution is 1.02. The largest absolute Gasteiger partial charge is 0.366 e. The van der Waals surface area contributed by atoms with E-state index in [0.717, 1.165) is 23.6 Å². The number of anilines is 2. The summed E-state index contributed by atoms with van der Waals surface area (Å²) in [6, 6.07) is 5.88. The zero-order valence-corrected chi connectivity index (χ0v) is 10.6. The van der Waals surface area contributed by atoms with Gasteiger partial charge in [-0.05, 0) is 25.5 Å². The van der Waals surface area contributed by atoms with Crippen LogP contribution >= 0.6 is 0 Å². The van der Waals surface area contributed by atoms with Gasteiger partial charge < -0.3 is 10.6 Å². The van der Waals surface area contributed by atoms with Crippen molar-refractivity contribution < 1.29 is 0 Å². The normalized spacial score (nSPS) is 10.1. The molecule has 0 aliphatic rings. The van der Waals surface area contributed by atoms with Gasteiger partial charge in [0, 0.05) is 37.2 Å². The van der Waals surface area contributed by atoms with Crippen LogP contribution in [0.4, 0.5) is 11.8 Å². The van der Waals surface area contributed by atoms with Gasteiger partial charge in [0.05, 0.1) is 0 Å². The topological polar surface area (TPSA) is 62.7 Å². The first kappa shape index (κ1) is 12.3. The van der Waals surface area contributed by atoms with Gasteiger partial charge in [-0.3, -0.25) is 4.98 Å². The van der Waals surface area contributed by atoms with E-state index in [-0.39, 0.29) is 0 Å². The first-order valence-corrected chi connectivity index (χ1v) is 6.00. The molecule has 5 nitrogen and oxygen atoms in total. The molecule has 0 unspecified atom stereocenters. The van der Waals surface area contributed by atoms with E-state index in [9.17, 15) is 0 Å². The van der Waals surface area contributed by atoms with Gasteiger partial charge in [-0.2, -0.15) is 4.98 Å². The lowest BCUT2D eigenvalue weighted by atomic mass is 10.3. The molecule has 0 saturated carbocycles. The number of rotatable bonds is 5. The molecule has 0 aliphatic carbocycles. The van der Waals surface area contributed by atoms with Gasteiger partial charge in [-0.1, -0.05) is 6.07 Å². The van der Waals surface area contributed by atoms with E-state index in [1.54, 1.807) is 6.20 Å². The van der Waals surface area contributed by atoms with Gasteiger partial charge in [-0.25, -0.2) is 4.98 Å². The maximum atomic E-state index is 4.38. The van der Waals surface area contributed by atoms with Crippen LogP contribution in [0.1, 0.15) is 18.2 Å². The van der Waals surface area contributed by atoms with Crippen LogP contribution < -0.4 is 10.6 Å². The third kappa shape index (κ3) is 3.41. The van der Waals surface area contributed by atoms with Gasteiger partial charge in [0.15, 0.2) is 0 Å². The lowest BCUT2D eigenvalue weighted by Crippen LogP contribution is -2.07. The highest BCUT2D eigenvalue weighted by atomic mass is 15.1. The fraction of sp³-hybridized carbons (Fsp3) is 0.308. The molecule has 5 heteroatoms. The molecule has 0 atom stereocenters. The van der Waals surface area contributed by atoms with Gasteiger partial charge in [-0.15, -0.1) is 0 Å². The summed E-state index contributed by atoms with van der Waals surface area (Å²) in [5, 5.41) is 6.38. The number of nitrogens with zero attached hydrogens (tertiary/aromatic N) is 3. The number of hydrogen-bond donors (Lipinski definition) is 2. The number of aryl methyl sites for hydroxylation is 1. The minimum absolute atomic E-state index is 0.659. The Kier molecular flexibility index (Phi) is 4.06. The molecule has 0 spiro atoms. The molecule has 2 aromatic rings. The Morgan fingerprint density at radius 2 is 2.11 bits per heavy atom. The smallest absolute Gasteiger partial charge is 0.224 e. The van der Waals surface area contributed by atoms with Crippen molar-refractivity contribution in [1.29, 1.82) is 0 Å². The summed E-state index contributed by atoms with van der Waals surface area (Å²) in [7, 11) is 0. The quantitative estimate of drug-likeness (QED) is 0.843. The molecule has 0 aliphatic heterocycles. The molecule has 2 rings (SSSR count). The molecule has 2 N–H and O–H groups in total. The molecule has 0 amide bonds. The van der Waals surface area contributed by atoms with Crippen molar-refractivity contribution in [1.82, 2.24) is 15.0 Å². The first-order chi connectivity index (χ1) is 8.78. The molecule has 0 bridgehead atoms. The minimum atomic E-state index is 0.659. The number of pyridine rings is 1. The van der Waals surface area contributed by atoms with E-state index < -0.39 is 0 Å². The van der Waals surface area contributed by atoms with Gasteiger partial charge in [0.1, 0.15) is 5.82 Å². The van der Waals surface area contributed by atoms with Crippen LogP contribution in [-0.2, 0) is 6.54 Å². The molecule has 0 radical (unpaired) electrons. The Balaban J connectivity index is 2.05. The van der Waals surface area contributed by atoms with E-state index in [1.165, 1.54) is 0 Å². The first-order valence-electron chi connectivity index (χ1n) is 6.00. The predicted octanol–water partition coefficient (Wildman–Crippen LogP) is 2.22. The third-order valence-corrected chi connectivity index (χ3v) is 2.39. The Labute approximate surface area is 107 Å². The summed E-state index contributed by atoms with van der Waals surface area (Å²) >= 11 is 0. The fourth-order valence-corrected chi connectivity index (χ4v) is 1.59. The Morgan fingerprint density at radius 1 is 1.22 bits per heavy atom. The van der Waals surface area contributed by atoms with E-state index in [4.69, 9.17) is 0 Å². The van der Waals surface area contributed by atoms with Crippen molar-refractivity contribution in [2.75, 3.05) is 17.2 Å². The summed E-state index contributed by atoms with van der Waals surface area (Å²) in [5.41, 5.74) is 2.06. The maximum Gasteiger partial charge on any atom is 0.224 e. The molecule has 2 aromatic heterocycles. The highest BCUT2D eigenvalue weighted by molar-refractivity contribution is 5.42. The van der Waals surface area contributed by atoms with Crippen LogP contribution in [0.15, 0.2) is 30.6 Å². The summed E-state index contributed by atoms with van der Waals surface area (Å²) in [5.74, 6) is 1.48. The highest BCUT2D eigenvalue weighted by Gasteiger charge is 2.01. The predicted molar refractivity (Wildman–Crippen MR) is 72.5 cm³/mol. The molecule has 0 fully saturated rings. The van der Waals surface area contributed by atoms with Crippen molar-refractivity contribution in [3.8, 4) is 0 Å². The molecule has 2 heterocycles. The number of hydrogen-bond acceptors (Lipinski definition) is 5. The average molecular weight is 243 g/mol. The van der Waals surface area contributed by atoms with E-state index in [1.807, 2.05) is 38.2 Å². The molecule has 94 valence electrons. The zero-order chi connectivity index (χ0) is 12.8. The Bertz CT molecular complexity index is 498. The van der Waals surface area contributed by atoms with Crippen LogP contribution in [0.3, 0.4) is 0 Å². The molecular formula is C13H17N5. The van der Waals surface area contributed by atoms with Crippen molar-refractivity contribution in [2.45, 2.75) is 20.4 Å².